The van der Waals surface area contributed by atoms with Crippen LogP contribution in [0.25, 0.3) is 0 Å². The molecule has 1 aromatic heterocycles. The minimum Gasteiger partial charge on any atom is -0.459 e. The van der Waals surface area contributed by atoms with Crippen LogP contribution in [0, 0.1) is 16.7 Å². The van der Waals surface area contributed by atoms with Crippen molar-refractivity contribution in [3.8, 4) is 0 Å². The van der Waals surface area contributed by atoms with E-state index in [0.29, 0.717) is 41.3 Å². The SMILES string of the molecule is CC1(C)[C@H]2CC[C@]1(C)[C@H](O[C@H]1OC(=O)C(Br)=C1NCCCC(=O)OCc1cn(Cc3ccccc3)nn1)C2. The molecule has 3 aliphatic rings. The normalized spacial score (nSPS) is 27.6. The number of ether oxygens (including phenoxy) is 3. The summed E-state index contributed by atoms with van der Waals surface area (Å²) in [5.41, 5.74) is 2.56. The number of rotatable bonds is 11. The molecule has 204 valence electrons. The van der Waals surface area contributed by atoms with Crippen molar-refractivity contribution in [1.29, 1.82) is 0 Å². The van der Waals surface area contributed by atoms with E-state index in [9.17, 15) is 9.59 Å². The summed E-state index contributed by atoms with van der Waals surface area (Å²) in [5.74, 6) is -0.135. The Morgan fingerprint density at radius 3 is 2.76 bits per heavy atom. The summed E-state index contributed by atoms with van der Waals surface area (Å²) in [4.78, 5) is 24.5. The number of hydrogen-bond donors (Lipinski definition) is 1. The first kappa shape index (κ1) is 26.9. The van der Waals surface area contributed by atoms with Gasteiger partial charge in [-0.05, 0) is 63.9 Å². The second-order valence-electron chi connectivity index (χ2n) is 11.3. The molecule has 4 atom stereocenters. The minimum atomic E-state index is -0.765. The monoisotopic (exact) mass is 586 g/mol. The molecule has 1 N–H and O–H groups in total. The summed E-state index contributed by atoms with van der Waals surface area (Å²) in [6.45, 7) is 8.10. The molecule has 1 aromatic carbocycles. The van der Waals surface area contributed by atoms with Crippen molar-refractivity contribution in [2.45, 2.75) is 78.4 Å². The highest BCUT2D eigenvalue weighted by atomic mass is 79.9. The van der Waals surface area contributed by atoms with Gasteiger partial charge in [-0.25, -0.2) is 9.48 Å². The van der Waals surface area contributed by atoms with E-state index in [0.717, 1.165) is 18.4 Å². The van der Waals surface area contributed by atoms with Gasteiger partial charge in [-0.3, -0.25) is 4.79 Å². The van der Waals surface area contributed by atoms with Gasteiger partial charge in [-0.2, -0.15) is 0 Å². The number of halogens is 1. The summed E-state index contributed by atoms with van der Waals surface area (Å²) >= 11 is 3.35. The number of cyclic esters (lactones) is 1. The van der Waals surface area contributed by atoms with Gasteiger partial charge in [0.2, 0.25) is 6.29 Å². The molecule has 38 heavy (non-hydrogen) atoms. The molecule has 0 unspecified atom stereocenters. The third-order valence-corrected chi connectivity index (χ3v) is 9.65. The Labute approximate surface area is 231 Å². The molecule has 0 radical (unpaired) electrons. The number of fused-ring (bicyclic) bond motifs is 2. The van der Waals surface area contributed by atoms with Crippen LogP contribution >= 0.6 is 15.9 Å². The molecule has 2 aromatic rings. The number of aromatic nitrogens is 3. The molecule has 0 saturated heterocycles. The van der Waals surface area contributed by atoms with Gasteiger partial charge in [0, 0.05) is 13.0 Å². The second kappa shape index (κ2) is 10.8. The van der Waals surface area contributed by atoms with Crippen LogP contribution < -0.4 is 5.32 Å². The van der Waals surface area contributed by atoms with Gasteiger partial charge >= 0.3 is 11.9 Å². The van der Waals surface area contributed by atoms with Crippen molar-refractivity contribution in [2.75, 3.05) is 6.54 Å². The summed E-state index contributed by atoms with van der Waals surface area (Å²) < 4.78 is 19.4. The van der Waals surface area contributed by atoms with E-state index in [-0.39, 0.29) is 35.9 Å². The molecule has 9 nitrogen and oxygen atoms in total. The molecule has 2 fully saturated rings. The Bertz CT molecular complexity index is 1210. The highest BCUT2D eigenvalue weighted by Crippen LogP contribution is 2.66. The Morgan fingerprint density at radius 2 is 2.05 bits per heavy atom. The minimum absolute atomic E-state index is 0.0323. The maximum Gasteiger partial charge on any atom is 0.349 e. The maximum atomic E-state index is 12.3. The summed E-state index contributed by atoms with van der Waals surface area (Å²) in [5, 5.41) is 11.4. The summed E-state index contributed by atoms with van der Waals surface area (Å²) in [6, 6.07) is 9.96. The van der Waals surface area contributed by atoms with Gasteiger partial charge < -0.3 is 19.5 Å². The number of benzene rings is 1. The lowest BCUT2D eigenvalue weighted by molar-refractivity contribution is -0.183. The van der Waals surface area contributed by atoms with E-state index in [1.54, 1.807) is 10.9 Å². The van der Waals surface area contributed by atoms with E-state index in [1.165, 1.54) is 6.42 Å². The van der Waals surface area contributed by atoms with Gasteiger partial charge in [0.25, 0.3) is 0 Å². The number of carbonyl (C=O) groups is 2. The van der Waals surface area contributed by atoms with Crippen LogP contribution in [0.2, 0.25) is 0 Å². The summed E-state index contributed by atoms with van der Waals surface area (Å²) in [6.07, 6.45) is 5.13. The molecule has 0 amide bonds. The third-order valence-electron chi connectivity index (χ3n) is 8.89. The lowest BCUT2D eigenvalue weighted by Crippen LogP contribution is -2.40. The molecular formula is C28H35BrN4O5. The molecule has 2 bridgehead atoms. The van der Waals surface area contributed by atoms with Crippen molar-refractivity contribution < 1.29 is 23.8 Å². The van der Waals surface area contributed by atoms with Crippen molar-refractivity contribution in [3.63, 3.8) is 0 Å². The van der Waals surface area contributed by atoms with Crippen molar-refractivity contribution >= 4 is 27.9 Å². The fourth-order valence-electron chi connectivity index (χ4n) is 6.10. The quantitative estimate of drug-likeness (QED) is 0.304. The van der Waals surface area contributed by atoms with Gasteiger partial charge in [0.05, 0.1) is 18.8 Å². The van der Waals surface area contributed by atoms with E-state index < -0.39 is 12.3 Å². The van der Waals surface area contributed by atoms with Crippen LogP contribution in [0.15, 0.2) is 46.7 Å². The van der Waals surface area contributed by atoms with Crippen LogP contribution in [-0.2, 0) is 37.0 Å². The fourth-order valence-corrected chi connectivity index (χ4v) is 6.52. The van der Waals surface area contributed by atoms with E-state index >= 15 is 0 Å². The first-order valence-electron chi connectivity index (χ1n) is 13.3. The van der Waals surface area contributed by atoms with Gasteiger partial charge in [0.1, 0.15) is 22.5 Å². The predicted molar refractivity (Wildman–Crippen MR) is 143 cm³/mol. The lowest BCUT2D eigenvalue weighted by Gasteiger charge is -2.39. The molecule has 1 aliphatic heterocycles. The molecule has 5 rings (SSSR count). The number of esters is 2. The molecule has 0 spiro atoms. The van der Waals surface area contributed by atoms with Crippen LogP contribution in [0.4, 0.5) is 0 Å². The van der Waals surface area contributed by atoms with Crippen LogP contribution in [0.5, 0.6) is 0 Å². The average molecular weight is 588 g/mol. The van der Waals surface area contributed by atoms with Crippen LogP contribution in [-0.4, -0.2) is 45.9 Å². The van der Waals surface area contributed by atoms with Crippen LogP contribution in [0.3, 0.4) is 0 Å². The fraction of sp³-hybridized carbons (Fsp3) is 0.571. The Kier molecular flexibility index (Phi) is 7.64. The predicted octanol–water partition coefficient (Wildman–Crippen LogP) is 4.46. The second-order valence-corrected chi connectivity index (χ2v) is 12.1. The smallest absolute Gasteiger partial charge is 0.349 e. The number of carbonyl (C=O) groups excluding carboxylic acids is 2. The number of nitrogens with zero attached hydrogens (tertiary/aromatic N) is 3. The van der Waals surface area contributed by atoms with Gasteiger partial charge in [-0.1, -0.05) is 56.3 Å². The zero-order chi connectivity index (χ0) is 26.9. The molecule has 10 heteroatoms. The highest BCUT2D eigenvalue weighted by Gasteiger charge is 2.62. The number of nitrogens with one attached hydrogen (secondary N) is 1. The highest BCUT2D eigenvalue weighted by molar-refractivity contribution is 9.12. The molecule has 2 saturated carbocycles. The molecular weight excluding hydrogens is 552 g/mol. The van der Waals surface area contributed by atoms with E-state index in [2.05, 4.69) is 52.3 Å². The summed E-state index contributed by atoms with van der Waals surface area (Å²) in [7, 11) is 0. The third kappa shape index (κ3) is 5.25. The molecule has 2 heterocycles. The topological polar surface area (TPSA) is 105 Å². The standard InChI is InChI=1S/C28H35BrN4O5/c1-27(2)19-11-12-28(27,3)21(14-19)37-26-24(23(29)25(35)38-26)30-13-7-10-22(34)36-17-20-16-33(32-31-20)15-18-8-5-4-6-9-18/h4-6,8-9,16,19,21,26,30H,7,10-15,17H2,1-3H3/t19-,21+,26-,28+/m0/s1. The van der Waals surface area contributed by atoms with Crippen LogP contribution in [0.1, 0.15) is 64.1 Å². The van der Waals surface area contributed by atoms with Gasteiger partial charge in [-0.15, -0.1) is 5.10 Å². The lowest BCUT2D eigenvalue weighted by atomic mass is 9.70. The largest absolute Gasteiger partial charge is 0.459 e. The number of hydrogen-bond acceptors (Lipinski definition) is 8. The first-order valence-corrected chi connectivity index (χ1v) is 14.1. The Balaban J connectivity index is 1.05. The zero-order valence-corrected chi connectivity index (χ0v) is 23.7. The average Bonchev–Trinajstić information content (AvgIpc) is 3.56. The van der Waals surface area contributed by atoms with Crippen molar-refractivity contribution in [1.82, 2.24) is 20.3 Å². The first-order chi connectivity index (χ1) is 18.2. The van der Waals surface area contributed by atoms with Crippen molar-refractivity contribution in [2.24, 2.45) is 16.7 Å². The van der Waals surface area contributed by atoms with E-state index in [4.69, 9.17) is 14.2 Å². The maximum absolute atomic E-state index is 12.3. The Hall–Kier alpha value is -2.72. The zero-order valence-electron chi connectivity index (χ0n) is 22.1. The van der Waals surface area contributed by atoms with Gasteiger partial charge in [0.15, 0.2) is 0 Å². The van der Waals surface area contributed by atoms with Crippen molar-refractivity contribution in [3.05, 3.63) is 58.0 Å². The Morgan fingerprint density at radius 1 is 1.26 bits per heavy atom. The molecule has 2 aliphatic carbocycles. The van der Waals surface area contributed by atoms with E-state index in [1.807, 2.05) is 30.3 Å².